The van der Waals surface area contributed by atoms with Crippen molar-refractivity contribution < 1.29 is 14.1 Å². The Bertz CT molecular complexity index is 667. The maximum atomic E-state index is 12.8. The topological polar surface area (TPSA) is 81.4 Å². The molecular formula is C17H22N4O3. The van der Waals surface area contributed by atoms with Crippen LogP contribution in [0, 0.1) is 13.8 Å². The van der Waals surface area contributed by atoms with Gasteiger partial charge in [-0.1, -0.05) is 5.16 Å². The van der Waals surface area contributed by atoms with Gasteiger partial charge in [-0.25, -0.2) is 0 Å². The summed E-state index contributed by atoms with van der Waals surface area (Å²) in [6.07, 6.45) is 7.02. The number of rotatable bonds is 5. The largest absolute Gasteiger partial charge is 0.377 e. The summed E-state index contributed by atoms with van der Waals surface area (Å²) >= 11 is 0. The standard InChI is InChI=1S/C17H22N4O3/c1-12-16(13(2)24-20-12)9-17(22)21-7-8-23-11-15(21)4-3-14-10-18-5-6-19-14/h5-6,10,15H,3-4,7-9,11H2,1-2H3/t15-/m0/s1. The third-order valence-corrected chi connectivity index (χ3v) is 4.41. The van der Waals surface area contributed by atoms with E-state index in [1.165, 1.54) is 0 Å². The first-order valence-corrected chi connectivity index (χ1v) is 8.19. The number of hydrogen-bond donors (Lipinski definition) is 0. The number of morpholine rings is 1. The molecule has 1 amide bonds. The quantitative estimate of drug-likeness (QED) is 0.826. The number of carbonyl (C=O) groups excluding carboxylic acids is 1. The van der Waals surface area contributed by atoms with Gasteiger partial charge in [-0.2, -0.15) is 0 Å². The zero-order valence-electron chi connectivity index (χ0n) is 14.1. The summed E-state index contributed by atoms with van der Waals surface area (Å²) in [5, 5.41) is 3.92. The fraction of sp³-hybridized carbons (Fsp3) is 0.529. The summed E-state index contributed by atoms with van der Waals surface area (Å²) < 4.78 is 10.7. The number of hydrogen-bond acceptors (Lipinski definition) is 6. The number of nitrogens with zero attached hydrogens (tertiary/aromatic N) is 4. The van der Waals surface area contributed by atoms with Gasteiger partial charge in [0.2, 0.25) is 5.91 Å². The van der Waals surface area contributed by atoms with Crippen molar-refractivity contribution in [1.29, 1.82) is 0 Å². The van der Waals surface area contributed by atoms with E-state index in [0.717, 1.165) is 29.8 Å². The fourth-order valence-electron chi connectivity index (χ4n) is 3.00. The third kappa shape index (κ3) is 3.79. The van der Waals surface area contributed by atoms with E-state index in [2.05, 4.69) is 15.1 Å². The zero-order chi connectivity index (χ0) is 16.9. The van der Waals surface area contributed by atoms with E-state index in [1.807, 2.05) is 18.7 Å². The molecule has 1 saturated heterocycles. The van der Waals surface area contributed by atoms with Crippen molar-refractivity contribution in [2.45, 2.75) is 39.2 Å². The normalized spacial score (nSPS) is 17.9. The minimum Gasteiger partial charge on any atom is -0.377 e. The van der Waals surface area contributed by atoms with Gasteiger partial charge in [0, 0.05) is 30.7 Å². The molecular weight excluding hydrogens is 308 g/mol. The van der Waals surface area contributed by atoms with Crippen LogP contribution in [0.5, 0.6) is 0 Å². The third-order valence-electron chi connectivity index (χ3n) is 4.41. The molecule has 0 aromatic carbocycles. The Morgan fingerprint density at radius 1 is 1.38 bits per heavy atom. The molecule has 0 aliphatic carbocycles. The Labute approximate surface area is 141 Å². The molecule has 0 bridgehead atoms. The highest BCUT2D eigenvalue weighted by atomic mass is 16.5. The number of carbonyl (C=O) groups is 1. The van der Waals surface area contributed by atoms with E-state index in [9.17, 15) is 4.79 Å². The lowest BCUT2D eigenvalue weighted by molar-refractivity contribution is -0.139. The average Bonchev–Trinajstić information content (AvgIpc) is 2.93. The SMILES string of the molecule is Cc1noc(C)c1CC(=O)N1CCOC[C@@H]1CCc1cnccn1. The monoisotopic (exact) mass is 330 g/mol. The van der Waals surface area contributed by atoms with Crippen LogP contribution in [0.25, 0.3) is 0 Å². The molecule has 24 heavy (non-hydrogen) atoms. The van der Waals surface area contributed by atoms with Crippen molar-refractivity contribution >= 4 is 5.91 Å². The first kappa shape index (κ1) is 16.6. The molecule has 2 aromatic heterocycles. The first-order chi connectivity index (χ1) is 11.6. The van der Waals surface area contributed by atoms with Gasteiger partial charge in [-0.05, 0) is 26.7 Å². The summed E-state index contributed by atoms with van der Waals surface area (Å²) in [5.41, 5.74) is 2.60. The summed E-state index contributed by atoms with van der Waals surface area (Å²) in [6.45, 7) is 5.47. The molecule has 0 radical (unpaired) electrons. The van der Waals surface area contributed by atoms with Crippen LogP contribution < -0.4 is 0 Å². The van der Waals surface area contributed by atoms with Crippen molar-refractivity contribution in [3.8, 4) is 0 Å². The van der Waals surface area contributed by atoms with Gasteiger partial charge in [0.15, 0.2) is 0 Å². The molecule has 0 N–H and O–H groups in total. The molecule has 0 spiro atoms. The zero-order valence-corrected chi connectivity index (χ0v) is 14.1. The highest BCUT2D eigenvalue weighted by Crippen LogP contribution is 2.18. The number of aryl methyl sites for hydroxylation is 3. The Kier molecular flexibility index (Phi) is 5.20. The molecule has 0 saturated carbocycles. The molecule has 7 heteroatoms. The lowest BCUT2D eigenvalue weighted by atomic mass is 10.0. The van der Waals surface area contributed by atoms with Gasteiger partial charge in [0.25, 0.3) is 0 Å². The minimum absolute atomic E-state index is 0.0636. The van der Waals surface area contributed by atoms with Gasteiger partial charge in [0.05, 0.1) is 37.1 Å². The maximum absolute atomic E-state index is 12.8. The smallest absolute Gasteiger partial charge is 0.227 e. The van der Waals surface area contributed by atoms with E-state index in [4.69, 9.17) is 9.26 Å². The molecule has 1 aliphatic rings. The molecule has 1 atom stereocenters. The number of ether oxygens (including phenoxy) is 1. The average molecular weight is 330 g/mol. The molecule has 3 rings (SSSR count). The van der Waals surface area contributed by atoms with E-state index in [1.54, 1.807) is 18.6 Å². The summed E-state index contributed by atoms with van der Waals surface area (Å²) in [7, 11) is 0. The van der Waals surface area contributed by atoms with Crippen molar-refractivity contribution in [3.63, 3.8) is 0 Å². The van der Waals surface area contributed by atoms with E-state index >= 15 is 0 Å². The molecule has 1 fully saturated rings. The summed E-state index contributed by atoms with van der Waals surface area (Å²) in [5.74, 6) is 0.807. The maximum Gasteiger partial charge on any atom is 0.227 e. The Hall–Kier alpha value is -2.28. The fourth-order valence-corrected chi connectivity index (χ4v) is 3.00. The molecule has 3 heterocycles. The minimum atomic E-state index is 0.0636. The van der Waals surface area contributed by atoms with Gasteiger partial charge in [-0.3, -0.25) is 14.8 Å². The van der Waals surface area contributed by atoms with E-state index < -0.39 is 0 Å². The Morgan fingerprint density at radius 3 is 2.96 bits per heavy atom. The highest BCUT2D eigenvalue weighted by Gasteiger charge is 2.28. The van der Waals surface area contributed by atoms with Crippen molar-refractivity contribution in [2.24, 2.45) is 0 Å². The number of amides is 1. The van der Waals surface area contributed by atoms with Crippen LogP contribution in [0.15, 0.2) is 23.1 Å². The second kappa shape index (κ2) is 7.53. The van der Waals surface area contributed by atoms with Crippen LogP contribution in [0.4, 0.5) is 0 Å². The predicted octanol–water partition coefficient (Wildman–Crippen LogP) is 1.48. The molecule has 7 nitrogen and oxygen atoms in total. The first-order valence-electron chi connectivity index (χ1n) is 8.19. The lowest BCUT2D eigenvalue weighted by Gasteiger charge is -2.35. The molecule has 0 unspecified atom stereocenters. The van der Waals surface area contributed by atoms with Crippen LogP contribution in [0.1, 0.15) is 29.1 Å². The van der Waals surface area contributed by atoms with Crippen LogP contribution in [-0.4, -0.2) is 51.7 Å². The van der Waals surface area contributed by atoms with Crippen LogP contribution in [0.2, 0.25) is 0 Å². The summed E-state index contributed by atoms with van der Waals surface area (Å²) in [4.78, 5) is 23.1. The Morgan fingerprint density at radius 2 is 2.25 bits per heavy atom. The highest BCUT2D eigenvalue weighted by molar-refractivity contribution is 5.79. The lowest BCUT2D eigenvalue weighted by Crippen LogP contribution is -2.49. The molecule has 128 valence electrons. The van der Waals surface area contributed by atoms with Crippen molar-refractivity contribution in [3.05, 3.63) is 41.3 Å². The Balaban J connectivity index is 1.64. The number of aromatic nitrogens is 3. The van der Waals surface area contributed by atoms with Crippen LogP contribution in [-0.2, 0) is 22.4 Å². The van der Waals surface area contributed by atoms with E-state index in [-0.39, 0.29) is 11.9 Å². The molecule has 1 aliphatic heterocycles. The van der Waals surface area contributed by atoms with Gasteiger partial charge in [0.1, 0.15) is 5.76 Å². The summed E-state index contributed by atoms with van der Waals surface area (Å²) in [6, 6.07) is 0.0636. The predicted molar refractivity (Wildman–Crippen MR) is 86.4 cm³/mol. The van der Waals surface area contributed by atoms with Crippen LogP contribution >= 0.6 is 0 Å². The van der Waals surface area contributed by atoms with Gasteiger partial charge < -0.3 is 14.2 Å². The van der Waals surface area contributed by atoms with Gasteiger partial charge in [-0.15, -0.1) is 0 Å². The van der Waals surface area contributed by atoms with Crippen LogP contribution in [0.3, 0.4) is 0 Å². The second-order valence-corrected chi connectivity index (χ2v) is 6.03. The van der Waals surface area contributed by atoms with E-state index in [0.29, 0.717) is 31.9 Å². The molecule has 2 aromatic rings. The second-order valence-electron chi connectivity index (χ2n) is 6.03. The van der Waals surface area contributed by atoms with Gasteiger partial charge >= 0.3 is 0 Å². The van der Waals surface area contributed by atoms with Crippen molar-refractivity contribution in [1.82, 2.24) is 20.0 Å². The van der Waals surface area contributed by atoms with Crippen molar-refractivity contribution in [2.75, 3.05) is 19.8 Å².